The molecule has 6 heteroatoms. The fraction of sp³-hybridized carbons (Fsp3) is 0. The maximum Gasteiger partial charge on any atom is 0.335 e. The Bertz CT molecular complexity index is 602. The summed E-state index contributed by atoms with van der Waals surface area (Å²) in [5.41, 5.74) is -0.00461. The Hall–Kier alpha value is -2.50. The molecule has 1 aromatic heterocycles. The van der Waals surface area contributed by atoms with Gasteiger partial charge in [-0.05, 0) is 18.2 Å². The molecule has 0 radical (unpaired) electrons. The van der Waals surface area contributed by atoms with E-state index in [1.165, 1.54) is 24.3 Å². The second-order valence-electron chi connectivity index (χ2n) is 3.38. The predicted molar refractivity (Wildman–Crippen MR) is 57.6 cm³/mol. The van der Waals surface area contributed by atoms with Crippen LogP contribution in [0.2, 0.25) is 0 Å². The van der Waals surface area contributed by atoms with E-state index in [0.29, 0.717) is 6.07 Å². The van der Waals surface area contributed by atoms with Gasteiger partial charge >= 0.3 is 5.97 Å². The maximum atomic E-state index is 13.3. The third-order valence-corrected chi connectivity index (χ3v) is 2.07. The molecule has 0 unspecified atom stereocenters. The summed E-state index contributed by atoms with van der Waals surface area (Å²) in [4.78, 5) is 14.2. The molecule has 0 aliphatic carbocycles. The van der Waals surface area contributed by atoms with Crippen molar-refractivity contribution in [2.24, 2.45) is 0 Å². The quantitative estimate of drug-likeness (QED) is 0.911. The number of carboxylic acids is 1. The fourth-order valence-corrected chi connectivity index (χ4v) is 1.28. The van der Waals surface area contributed by atoms with E-state index in [-0.39, 0.29) is 11.3 Å². The SMILES string of the molecule is O=C(O)c1cccc(Oc2ncc(F)cc2F)c1. The number of carboxylic acid groups (broad SMARTS) is 1. The fourth-order valence-electron chi connectivity index (χ4n) is 1.28. The van der Waals surface area contributed by atoms with E-state index >= 15 is 0 Å². The second kappa shape index (κ2) is 4.79. The summed E-state index contributed by atoms with van der Waals surface area (Å²) in [5.74, 6) is -3.23. The highest BCUT2D eigenvalue weighted by Gasteiger charge is 2.09. The number of halogens is 2. The van der Waals surface area contributed by atoms with Crippen LogP contribution >= 0.6 is 0 Å². The van der Waals surface area contributed by atoms with Gasteiger partial charge in [-0.1, -0.05) is 6.07 Å². The topological polar surface area (TPSA) is 59.4 Å². The van der Waals surface area contributed by atoms with Gasteiger partial charge in [-0.25, -0.2) is 18.6 Å². The lowest BCUT2D eigenvalue weighted by Gasteiger charge is -2.06. The Balaban J connectivity index is 2.28. The van der Waals surface area contributed by atoms with E-state index in [1.54, 1.807) is 0 Å². The molecular weight excluding hydrogens is 244 g/mol. The number of nitrogens with zero attached hydrogens (tertiary/aromatic N) is 1. The number of carbonyl (C=O) groups is 1. The van der Waals surface area contributed by atoms with Gasteiger partial charge in [0.05, 0.1) is 11.8 Å². The van der Waals surface area contributed by atoms with Gasteiger partial charge in [0.1, 0.15) is 11.6 Å². The summed E-state index contributed by atoms with van der Waals surface area (Å²) in [6, 6.07) is 6.09. The number of hydrogen-bond donors (Lipinski definition) is 1. The highest BCUT2D eigenvalue weighted by atomic mass is 19.1. The average Bonchev–Trinajstić information content (AvgIpc) is 2.33. The van der Waals surface area contributed by atoms with Crippen LogP contribution in [0, 0.1) is 11.6 Å². The Morgan fingerprint density at radius 2 is 2.06 bits per heavy atom. The molecule has 0 amide bonds. The van der Waals surface area contributed by atoms with E-state index in [4.69, 9.17) is 9.84 Å². The number of rotatable bonds is 3. The molecule has 18 heavy (non-hydrogen) atoms. The first-order valence-electron chi connectivity index (χ1n) is 4.88. The van der Waals surface area contributed by atoms with Gasteiger partial charge in [-0.3, -0.25) is 0 Å². The van der Waals surface area contributed by atoms with Gasteiger partial charge < -0.3 is 9.84 Å². The van der Waals surface area contributed by atoms with E-state index in [0.717, 1.165) is 6.20 Å². The first-order valence-corrected chi connectivity index (χ1v) is 4.88. The molecule has 0 spiro atoms. The molecule has 0 saturated heterocycles. The molecule has 2 aromatic rings. The summed E-state index contributed by atoms with van der Waals surface area (Å²) in [6.07, 6.45) is 0.805. The summed E-state index contributed by atoms with van der Waals surface area (Å²) in [5, 5.41) is 8.77. The van der Waals surface area contributed by atoms with Crippen molar-refractivity contribution in [2.75, 3.05) is 0 Å². The Morgan fingerprint density at radius 1 is 1.28 bits per heavy atom. The number of pyridine rings is 1. The van der Waals surface area contributed by atoms with Crippen molar-refractivity contribution in [3.63, 3.8) is 0 Å². The number of hydrogen-bond acceptors (Lipinski definition) is 3. The van der Waals surface area contributed by atoms with Crippen LogP contribution in [-0.4, -0.2) is 16.1 Å². The van der Waals surface area contributed by atoms with Crippen molar-refractivity contribution in [3.05, 3.63) is 53.7 Å². The van der Waals surface area contributed by atoms with Gasteiger partial charge in [0.25, 0.3) is 5.88 Å². The van der Waals surface area contributed by atoms with Crippen LogP contribution in [0.5, 0.6) is 11.6 Å². The van der Waals surface area contributed by atoms with Gasteiger partial charge in [0.2, 0.25) is 0 Å². The Labute approximate surface area is 100 Å². The molecule has 1 aromatic carbocycles. The number of ether oxygens (including phenoxy) is 1. The molecular formula is C12H7F2NO3. The van der Waals surface area contributed by atoms with E-state index in [2.05, 4.69) is 4.98 Å². The largest absolute Gasteiger partial charge is 0.478 e. The van der Waals surface area contributed by atoms with Crippen molar-refractivity contribution in [3.8, 4) is 11.6 Å². The molecule has 0 aliphatic rings. The van der Waals surface area contributed by atoms with Crippen molar-refractivity contribution >= 4 is 5.97 Å². The van der Waals surface area contributed by atoms with Crippen molar-refractivity contribution in [2.45, 2.75) is 0 Å². The van der Waals surface area contributed by atoms with Crippen LogP contribution in [0.4, 0.5) is 8.78 Å². The number of aromatic nitrogens is 1. The zero-order valence-corrected chi connectivity index (χ0v) is 8.93. The highest BCUT2D eigenvalue weighted by Crippen LogP contribution is 2.23. The van der Waals surface area contributed by atoms with Gasteiger partial charge in [0.15, 0.2) is 5.82 Å². The van der Waals surface area contributed by atoms with Gasteiger partial charge in [0, 0.05) is 6.07 Å². The molecule has 0 saturated carbocycles. The summed E-state index contributed by atoms with van der Waals surface area (Å²) >= 11 is 0. The van der Waals surface area contributed by atoms with Crippen LogP contribution in [0.15, 0.2) is 36.5 Å². The first kappa shape index (κ1) is 12.0. The van der Waals surface area contributed by atoms with Crippen LogP contribution in [0.25, 0.3) is 0 Å². The molecule has 92 valence electrons. The molecule has 2 rings (SSSR count). The lowest BCUT2D eigenvalue weighted by atomic mass is 10.2. The molecule has 0 aliphatic heterocycles. The summed E-state index contributed by atoms with van der Waals surface area (Å²) in [6.45, 7) is 0. The van der Waals surface area contributed by atoms with Crippen molar-refractivity contribution in [1.82, 2.24) is 4.98 Å². The molecule has 0 fully saturated rings. The summed E-state index contributed by atoms with van der Waals surface area (Å²) < 4.78 is 30.9. The van der Waals surface area contributed by atoms with Crippen molar-refractivity contribution < 1.29 is 23.4 Å². The monoisotopic (exact) mass is 251 g/mol. The molecule has 4 nitrogen and oxygen atoms in total. The molecule has 0 bridgehead atoms. The molecule has 1 heterocycles. The van der Waals surface area contributed by atoms with Crippen LogP contribution < -0.4 is 4.74 Å². The van der Waals surface area contributed by atoms with E-state index in [9.17, 15) is 13.6 Å². The number of benzene rings is 1. The van der Waals surface area contributed by atoms with Crippen LogP contribution in [0.1, 0.15) is 10.4 Å². The van der Waals surface area contributed by atoms with Gasteiger partial charge in [-0.15, -0.1) is 0 Å². The normalized spacial score (nSPS) is 10.1. The van der Waals surface area contributed by atoms with E-state index in [1.807, 2.05) is 0 Å². The number of aromatic carboxylic acids is 1. The minimum atomic E-state index is -1.13. The Kier molecular flexibility index (Phi) is 3.18. The predicted octanol–water partition coefficient (Wildman–Crippen LogP) is 2.85. The standard InChI is InChI=1S/C12H7F2NO3/c13-8-5-10(14)11(15-6-8)18-9-3-1-2-7(4-9)12(16)17/h1-6H,(H,16,17). The summed E-state index contributed by atoms with van der Waals surface area (Å²) in [7, 11) is 0. The maximum absolute atomic E-state index is 13.3. The first-order chi connectivity index (χ1) is 8.56. The van der Waals surface area contributed by atoms with Crippen molar-refractivity contribution in [1.29, 1.82) is 0 Å². The lowest BCUT2D eigenvalue weighted by molar-refractivity contribution is 0.0696. The van der Waals surface area contributed by atoms with E-state index < -0.39 is 23.5 Å². The Morgan fingerprint density at radius 3 is 2.72 bits per heavy atom. The second-order valence-corrected chi connectivity index (χ2v) is 3.38. The minimum absolute atomic E-state index is 0.00461. The molecule has 1 N–H and O–H groups in total. The third kappa shape index (κ3) is 2.60. The minimum Gasteiger partial charge on any atom is -0.478 e. The smallest absolute Gasteiger partial charge is 0.335 e. The zero-order valence-electron chi connectivity index (χ0n) is 8.93. The average molecular weight is 251 g/mol. The molecule has 0 atom stereocenters. The highest BCUT2D eigenvalue weighted by molar-refractivity contribution is 5.88. The van der Waals surface area contributed by atoms with Crippen LogP contribution in [-0.2, 0) is 0 Å². The third-order valence-electron chi connectivity index (χ3n) is 2.07. The van der Waals surface area contributed by atoms with Crippen LogP contribution in [0.3, 0.4) is 0 Å². The van der Waals surface area contributed by atoms with Gasteiger partial charge in [-0.2, -0.15) is 0 Å². The zero-order chi connectivity index (χ0) is 13.1. The lowest BCUT2D eigenvalue weighted by Crippen LogP contribution is -1.97.